The highest BCUT2D eigenvalue weighted by Crippen LogP contribution is 2.19. The average molecular weight is 341 g/mol. The predicted octanol–water partition coefficient (Wildman–Crippen LogP) is 3.28. The molecule has 2 aromatic rings. The van der Waals surface area contributed by atoms with Gasteiger partial charge in [0.2, 0.25) is 0 Å². The summed E-state index contributed by atoms with van der Waals surface area (Å²) in [4.78, 5) is 25.8. The van der Waals surface area contributed by atoms with Crippen molar-refractivity contribution in [1.29, 1.82) is 0 Å². The van der Waals surface area contributed by atoms with Crippen LogP contribution in [0.15, 0.2) is 48.5 Å². The van der Waals surface area contributed by atoms with Crippen LogP contribution in [0.2, 0.25) is 0 Å². The van der Waals surface area contributed by atoms with Crippen LogP contribution in [0.4, 0.5) is 5.69 Å². The van der Waals surface area contributed by atoms with E-state index < -0.39 is 12.1 Å². The summed E-state index contributed by atoms with van der Waals surface area (Å²) in [5.41, 5.74) is 2.80. The predicted molar refractivity (Wildman–Crippen MR) is 96.8 cm³/mol. The van der Waals surface area contributed by atoms with Crippen molar-refractivity contribution in [2.45, 2.75) is 26.9 Å². The molecule has 5 nitrogen and oxygen atoms in total. The lowest BCUT2D eigenvalue weighted by Gasteiger charge is -2.21. The number of hydrogen-bond donors (Lipinski definition) is 0. The highest BCUT2D eigenvalue weighted by Gasteiger charge is 2.22. The Morgan fingerprint density at radius 3 is 2.40 bits per heavy atom. The largest absolute Gasteiger partial charge is 0.482 e. The lowest BCUT2D eigenvalue weighted by Crippen LogP contribution is -2.38. The molecule has 0 N–H and O–H groups in total. The number of carbonyl (C=O) groups is 2. The first-order valence-electron chi connectivity index (χ1n) is 8.10. The molecule has 25 heavy (non-hydrogen) atoms. The van der Waals surface area contributed by atoms with E-state index in [9.17, 15) is 9.59 Å². The Balaban J connectivity index is 1.88. The smallest absolute Gasteiger partial charge is 0.344 e. The van der Waals surface area contributed by atoms with Crippen molar-refractivity contribution in [2.75, 3.05) is 18.6 Å². The summed E-state index contributed by atoms with van der Waals surface area (Å²) in [7, 11) is 1.65. The van der Waals surface area contributed by atoms with Gasteiger partial charge in [0.05, 0.1) is 0 Å². The number of para-hydroxylation sites is 1. The Hall–Kier alpha value is -2.82. The number of amides is 1. The monoisotopic (exact) mass is 341 g/mol. The third kappa shape index (κ3) is 5.08. The highest BCUT2D eigenvalue weighted by molar-refractivity contribution is 5.96. The van der Waals surface area contributed by atoms with Gasteiger partial charge in [-0.25, -0.2) is 4.79 Å². The summed E-state index contributed by atoms with van der Waals surface area (Å²) in [6.07, 6.45) is -0.888. The maximum Gasteiger partial charge on any atom is 0.344 e. The van der Waals surface area contributed by atoms with Gasteiger partial charge in [-0.2, -0.15) is 0 Å². The molecule has 0 saturated carbocycles. The summed E-state index contributed by atoms with van der Waals surface area (Å²) >= 11 is 0. The molecule has 0 radical (unpaired) electrons. The van der Waals surface area contributed by atoms with Crippen LogP contribution in [0.1, 0.15) is 18.1 Å². The number of anilines is 1. The molecule has 0 unspecified atom stereocenters. The number of esters is 1. The van der Waals surface area contributed by atoms with Crippen molar-refractivity contribution in [3.63, 3.8) is 0 Å². The fourth-order valence-corrected chi connectivity index (χ4v) is 2.43. The van der Waals surface area contributed by atoms with Gasteiger partial charge in [0.15, 0.2) is 12.7 Å². The van der Waals surface area contributed by atoms with Gasteiger partial charge >= 0.3 is 5.97 Å². The molecule has 0 spiro atoms. The van der Waals surface area contributed by atoms with Crippen molar-refractivity contribution in [1.82, 2.24) is 0 Å². The van der Waals surface area contributed by atoms with Crippen molar-refractivity contribution >= 4 is 17.6 Å². The van der Waals surface area contributed by atoms with Crippen LogP contribution in [0.3, 0.4) is 0 Å². The maximum absolute atomic E-state index is 12.4. The van der Waals surface area contributed by atoms with Gasteiger partial charge in [0.25, 0.3) is 5.91 Å². The lowest BCUT2D eigenvalue weighted by molar-refractivity contribution is -0.155. The van der Waals surface area contributed by atoms with Crippen LogP contribution in [0.25, 0.3) is 0 Å². The van der Waals surface area contributed by atoms with Crippen LogP contribution >= 0.6 is 0 Å². The van der Waals surface area contributed by atoms with E-state index in [-0.39, 0.29) is 12.5 Å². The minimum Gasteiger partial charge on any atom is -0.482 e. The molecule has 0 fully saturated rings. The second-order valence-electron chi connectivity index (χ2n) is 5.92. The first-order valence-corrected chi connectivity index (χ1v) is 8.10. The topological polar surface area (TPSA) is 55.8 Å². The normalized spacial score (nSPS) is 11.5. The van der Waals surface area contributed by atoms with Gasteiger partial charge in [0, 0.05) is 12.7 Å². The van der Waals surface area contributed by atoms with E-state index in [2.05, 4.69) is 0 Å². The van der Waals surface area contributed by atoms with Crippen LogP contribution in [0.5, 0.6) is 5.75 Å². The minimum atomic E-state index is -0.888. The molecule has 0 saturated heterocycles. The van der Waals surface area contributed by atoms with Gasteiger partial charge < -0.3 is 14.4 Å². The van der Waals surface area contributed by atoms with E-state index in [1.54, 1.807) is 14.0 Å². The van der Waals surface area contributed by atoms with Crippen molar-refractivity contribution in [2.24, 2.45) is 0 Å². The molecule has 132 valence electrons. The zero-order valence-electron chi connectivity index (χ0n) is 15.0. The standard InChI is InChI=1S/C20H23NO4/c1-14-10-11-18(15(2)12-14)24-13-19(22)25-16(3)20(23)21(4)17-8-6-5-7-9-17/h5-12,16H,13H2,1-4H3/t16-/m0/s1. The zero-order chi connectivity index (χ0) is 18.4. The minimum absolute atomic E-state index is 0.240. The number of nitrogens with zero attached hydrogens (tertiary/aromatic N) is 1. The summed E-state index contributed by atoms with van der Waals surface area (Å²) < 4.78 is 10.7. The van der Waals surface area contributed by atoms with Crippen molar-refractivity contribution in [3.8, 4) is 5.75 Å². The first kappa shape index (κ1) is 18.5. The number of rotatable bonds is 6. The van der Waals surface area contributed by atoms with Crippen LogP contribution in [0, 0.1) is 13.8 Å². The fraction of sp³-hybridized carbons (Fsp3) is 0.300. The van der Waals surface area contributed by atoms with Gasteiger partial charge in [-0.05, 0) is 44.5 Å². The molecule has 0 aliphatic carbocycles. The zero-order valence-corrected chi connectivity index (χ0v) is 15.0. The quantitative estimate of drug-likeness (QED) is 0.757. The number of aryl methyl sites for hydroxylation is 2. The fourth-order valence-electron chi connectivity index (χ4n) is 2.43. The van der Waals surface area contributed by atoms with E-state index in [1.807, 2.05) is 62.4 Å². The van der Waals surface area contributed by atoms with E-state index in [1.165, 1.54) is 4.90 Å². The molecule has 1 amide bonds. The Morgan fingerprint density at radius 1 is 1.08 bits per heavy atom. The van der Waals surface area contributed by atoms with Crippen LogP contribution in [-0.4, -0.2) is 31.6 Å². The van der Waals surface area contributed by atoms with E-state index in [0.29, 0.717) is 5.75 Å². The van der Waals surface area contributed by atoms with Gasteiger partial charge in [-0.1, -0.05) is 35.9 Å². The second-order valence-corrected chi connectivity index (χ2v) is 5.92. The van der Waals surface area contributed by atoms with E-state index in [4.69, 9.17) is 9.47 Å². The third-order valence-corrected chi connectivity index (χ3v) is 3.81. The number of benzene rings is 2. The molecule has 1 atom stereocenters. The summed E-state index contributed by atoms with van der Waals surface area (Å²) in [5.74, 6) is -0.253. The molecular formula is C20H23NO4. The van der Waals surface area contributed by atoms with E-state index in [0.717, 1.165) is 16.8 Å². The molecule has 5 heteroatoms. The van der Waals surface area contributed by atoms with Crippen LogP contribution < -0.4 is 9.64 Å². The Labute approximate surface area is 148 Å². The Bertz CT molecular complexity index is 743. The Morgan fingerprint density at radius 2 is 1.76 bits per heavy atom. The molecule has 0 aliphatic rings. The van der Waals surface area contributed by atoms with Gasteiger partial charge in [-0.3, -0.25) is 4.79 Å². The van der Waals surface area contributed by atoms with Crippen LogP contribution in [-0.2, 0) is 14.3 Å². The number of likely N-dealkylation sites (N-methyl/N-ethyl adjacent to an activating group) is 1. The maximum atomic E-state index is 12.4. The van der Waals surface area contributed by atoms with Gasteiger partial charge in [0.1, 0.15) is 5.75 Å². The molecule has 2 rings (SSSR count). The summed E-state index contributed by atoms with van der Waals surface area (Å²) in [6, 6.07) is 14.9. The summed E-state index contributed by atoms with van der Waals surface area (Å²) in [5, 5.41) is 0. The molecular weight excluding hydrogens is 318 g/mol. The second kappa shape index (κ2) is 8.33. The highest BCUT2D eigenvalue weighted by atomic mass is 16.6. The SMILES string of the molecule is Cc1ccc(OCC(=O)O[C@@H](C)C(=O)N(C)c2ccccc2)c(C)c1. The number of carbonyl (C=O) groups excluding carboxylic acids is 2. The number of hydrogen-bond acceptors (Lipinski definition) is 4. The van der Waals surface area contributed by atoms with E-state index >= 15 is 0 Å². The first-order chi connectivity index (χ1) is 11.9. The van der Waals surface area contributed by atoms with Crippen molar-refractivity contribution < 1.29 is 19.1 Å². The molecule has 2 aromatic carbocycles. The average Bonchev–Trinajstić information content (AvgIpc) is 2.60. The third-order valence-electron chi connectivity index (χ3n) is 3.81. The summed E-state index contributed by atoms with van der Waals surface area (Å²) in [6.45, 7) is 5.21. The molecule has 0 aliphatic heterocycles. The lowest BCUT2D eigenvalue weighted by atomic mass is 10.1. The number of ether oxygens (including phenoxy) is 2. The van der Waals surface area contributed by atoms with Gasteiger partial charge in [-0.15, -0.1) is 0 Å². The molecule has 0 bridgehead atoms. The van der Waals surface area contributed by atoms with Crippen molar-refractivity contribution in [3.05, 3.63) is 59.7 Å². The molecule has 0 heterocycles. The Kier molecular flexibility index (Phi) is 6.17. The molecule has 0 aromatic heterocycles.